The van der Waals surface area contributed by atoms with E-state index in [9.17, 15) is 5.11 Å². The molecule has 2 rings (SSSR count). The van der Waals surface area contributed by atoms with Gasteiger partial charge in [0.05, 0.1) is 24.6 Å². The molecule has 1 aromatic carbocycles. The molecule has 0 radical (unpaired) electrons. The minimum absolute atomic E-state index is 0.135. The first-order chi connectivity index (χ1) is 8.69. The number of aliphatic hydroxyl groups excluding tert-OH is 1. The maximum absolute atomic E-state index is 9.26. The lowest BCUT2D eigenvalue weighted by molar-refractivity contribution is 0.175. The van der Waals surface area contributed by atoms with Crippen molar-refractivity contribution >= 4 is 0 Å². The number of hydrogen-bond donors (Lipinski definition) is 1. The Kier molecular flexibility index (Phi) is 3.74. The molecule has 5 nitrogen and oxygen atoms in total. The first-order valence-electron chi connectivity index (χ1n) is 5.79. The van der Waals surface area contributed by atoms with Gasteiger partial charge in [-0.1, -0.05) is 17.3 Å². The molecule has 1 aromatic heterocycles. The Morgan fingerprint density at radius 3 is 2.78 bits per heavy atom. The molecule has 18 heavy (non-hydrogen) atoms. The highest BCUT2D eigenvalue weighted by Gasteiger charge is 2.15. The van der Waals surface area contributed by atoms with Gasteiger partial charge in [-0.05, 0) is 31.0 Å². The molecule has 2 aromatic rings. The minimum atomic E-state index is -0.135. The summed E-state index contributed by atoms with van der Waals surface area (Å²) in [7, 11) is 1.61. The molecule has 0 aliphatic rings. The fraction of sp³-hybridized carbons (Fsp3) is 0.385. The van der Waals surface area contributed by atoms with Gasteiger partial charge in [-0.15, -0.1) is 5.10 Å². The van der Waals surface area contributed by atoms with Crippen LogP contribution in [0.25, 0.3) is 5.69 Å². The third-order valence-corrected chi connectivity index (χ3v) is 3.08. The highest BCUT2D eigenvalue weighted by atomic mass is 16.5. The summed E-state index contributed by atoms with van der Waals surface area (Å²) in [6.07, 6.45) is 0. The molecule has 0 spiro atoms. The summed E-state index contributed by atoms with van der Waals surface area (Å²) < 4.78 is 6.88. The molecule has 1 heterocycles. The maximum atomic E-state index is 9.26. The fourth-order valence-electron chi connectivity index (χ4n) is 1.90. The van der Waals surface area contributed by atoms with Gasteiger partial charge in [0.15, 0.2) is 0 Å². The van der Waals surface area contributed by atoms with E-state index in [0.717, 1.165) is 16.9 Å². The minimum Gasteiger partial charge on any atom is -0.390 e. The van der Waals surface area contributed by atoms with Crippen LogP contribution < -0.4 is 0 Å². The summed E-state index contributed by atoms with van der Waals surface area (Å²) in [4.78, 5) is 0. The van der Waals surface area contributed by atoms with E-state index < -0.39 is 0 Å². The number of methoxy groups -OCH3 is 1. The van der Waals surface area contributed by atoms with Crippen molar-refractivity contribution in [1.82, 2.24) is 15.0 Å². The number of aromatic nitrogens is 3. The topological polar surface area (TPSA) is 60.2 Å². The van der Waals surface area contributed by atoms with Crippen molar-refractivity contribution in [3.63, 3.8) is 0 Å². The van der Waals surface area contributed by atoms with Crippen molar-refractivity contribution < 1.29 is 9.84 Å². The first-order valence-corrected chi connectivity index (χ1v) is 5.79. The van der Waals surface area contributed by atoms with Crippen molar-refractivity contribution in [1.29, 1.82) is 0 Å². The van der Waals surface area contributed by atoms with Crippen molar-refractivity contribution in [2.24, 2.45) is 0 Å². The third kappa shape index (κ3) is 2.14. The molecule has 96 valence electrons. The molecule has 0 bridgehead atoms. The Bertz CT molecular complexity index is 549. The zero-order valence-electron chi connectivity index (χ0n) is 10.8. The normalized spacial score (nSPS) is 10.9. The van der Waals surface area contributed by atoms with E-state index in [0.29, 0.717) is 12.3 Å². The van der Waals surface area contributed by atoms with Crippen LogP contribution in [0.15, 0.2) is 18.2 Å². The van der Waals surface area contributed by atoms with Crippen LogP contribution in [0, 0.1) is 13.8 Å². The summed E-state index contributed by atoms with van der Waals surface area (Å²) in [6, 6.07) is 6.02. The molecule has 1 N–H and O–H groups in total. The quantitative estimate of drug-likeness (QED) is 0.890. The SMILES string of the molecule is COCc1c(CO)nnn1-c1cccc(C)c1C. The van der Waals surface area contributed by atoms with E-state index in [4.69, 9.17) is 4.74 Å². The molecule has 0 saturated carbocycles. The predicted octanol–water partition coefficient (Wildman–Crippen LogP) is 1.52. The first kappa shape index (κ1) is 12.7. The van der Waals surface area contributed by atoms with E-state index in [-0.39, 0.29) is 6.61 Å². The maximum Gasteiger partial charge on any atom is 0.114 e. The lowest BCUT2D eigenvalue weighted by Crippen LogP contribution is -2.07. The average molecular weight is 247 g/mol. The third-order valence-electron chi connectivity index (χ3n) is 3.08. The van der Waals surface area contributed by atoms with E-state index in [2.05, 4.69) is 23.3 Å². The molecule has 0 aliphatic carbocycles. The molecule has 0 fully saturated rings. The molecular weight excluding hydrogens is 230 g/mol. The Hall–Kier alpha value is -1.72. The van der Waals surface area contributed by atoms with Crippen molar-refractivity contribution in [2.75, 3.05) is 7.11 Å². The number of hydrogen-bond acceptors (Lipinski definition) is 4. The highest BCUT2D eigenvalue weighted by Crippen LogP contribution is 2.20. The number of nitrogens with zero attached hydrogens (tertiary/aromatic N) is 3. The lowest BCUT2D eigenvalue weighted by atomic mass is 10.1. The summed E-state index contributed by atoms with van der Waals surface area (Å²) in [5, 5.41) is 17.3. The second kappa shape index (κ2) is 5.29. The standard InChI is InChI=1S/C13H17N3O2/c1-9-5-4-6-12(10(9)2)16-13(8-18-3)11(7-17)14-15-16/h4-6,17H,7-8H2,1-3H3. The molecule has 5 heteroatoms. The molecule has 0 unspecified atom stereocenters. The second-order valence-electron chi connectivity index (χ2n) is 4.20. The fourth-order valence-corrected chi connectivity index (χ4v) is 1.90. The van der Waals surface area contributed by atoms with Gasteiger partial charge in [0, 0.05) is 7.11 Å². The van der Waals surface area contributed by atoms with Crippen molar-refractivity contribution in [2.45, 2.75) is 27.1 Å². The Labute approximate surface area is 106 Å². The van der Waals surface area contributed by atoms with Gasteiger partial charge in [-0.25, -0.2) is 4.68 Å². The molecule has 0 amide bonds. The van der Waals surface area contributed by atoms with Crippen LogP contribution in [-0.2, 0) is 18.0 Å². The van der Waals surface area contributed by atoms with E-state index in [1.54, 1.807) is 11.8 Å². The van der Waals surface area contributed by atoms with Crippen molar-refractivity contribution in [3.8, 4) is 5.69 Å². The largest absolute Gasteiger partial charge is 0.390 e. The number of benzene rings is 1. The summed E-state index contributed by atoms with van der Waals surface area (Å²) >= 11 is 0. The van der Waals surface area contributed by atoms with Crippen LogP contribution in [0.4, 0.5) is 0 Å². The number of rotatable bonds is 4. The highest BCUT2D eigenvalue weighted by molar-refractivity contribution is 5.45. The van der Waals surface area contributed by atoms with Crippen LogP contribution >= 0.6 is 0 Å². The van der Waals surface area contributed by atoms with E-state index >= 15 is 0 Å². The molecule has 0 saturated heterocycles. The summed E-state index contributed by atoms with van der Waals surface area (Å²) in [5.74, 6) is 0. The monoisotopic (exact) mass is 247 g/mol. The molecule has 0 aliphatic heterocycles. The van der Waals surface area contributed by atoms with Gasteiger partial charge >= 0.3 is 0 Å². The number of ether oxygens (including phenoxy) is 1. The van der Waals surface area contributed by atoms with Gasteiger partial charge in [-0.3, -0.25) is 0 Å². The van der Waals surface area contributed by atoms with E-state index in [1.165, 1.54) is 5.56 Å². The Morgan fingerprint density at radius 1 is 1.33 bits per heavy atom. The smallest absolute Gasteiger partial charge is 0.114 e. The van der Waals surface area contributed by atoms with Crippen LogP contribution in [0.5, 0.6) is 0 Å². The van der Waals surface area contributed by atoms with Gasteiger partial charge in [-0.2, -0.15) is 0 Å². The Balaban J connectivity index is 2.56. The number of aryl methyl sites for hydroxylation is 1. The summed E-state index contributed by atoms with van der Waals surface area (Å²) in [6.45, 7) is 4.33. The second-order valence-corrected chi connectivity index (χ2v) is 4.20. The summed E-state index contributed by atoms with van der Waals surface area (Å²) in [5.41, 5.74) is 4.64. The number of aliphatic hydroxyl groups is 1. The zero-order chi connectivity index (χ0) is 13.1. The average Bonchev–Trinajstić information content (AvgIpc) is 2.76. The predicted molar refractivity (Wildman–Crippen MR) is 67.5 cm³/mol. The zero-order valence-corrected chi connectivity index (χ0v) is 10.8. The van der Waals surface area contributed by atoms with Gasteiger partial charge in [0.1, 0.15) is 5.69 Å². The molecule has 0 atom stereocenters. The van der Waals surface area contributed by atoms with Crippen LogP contribution in [0.1, 0.15) is 22.5 Å². The van der Waals surface area contributed by atoms with Gasteiger partial charge < -0.3 is 9.84 Å². The van der Waals surface area contributed by atoms with Crippen LogP contribution in [-0.4, -0.2) is 27.2 Å². The van der Waals surface area contributed by atoms with Gasteiger partial charge in [0.25, 0.3) is 0 Å². The van der Waals surface area contributed by atoms with Crippen LogP contribution in [0.3, 0.4) is 0 Å². The Morgan fingerprint density at radius 2 is 2.11 bits per heavy atom. The van der Waals surface area contributed by atoms with Gasteiger partial charge in [0.2, 0.25) is 0 Å². The van der Waals surface area contributed by atoms with Crippen LogP contribution in [0.2, 0.25) is 0 Å². The molecular formula is C13H17N3O2. The van der Waals surface area contributed by atoms with E-state index in [1.807, 2.05) is 19.1 Å². The lowest BCUT2D eigenvalue weighted by Gasteiger charge is -2.11. The van der Waals surface area contributed by atoms with Crippen molar-refractivity contribution in [3.05, 3.63) is 40.7 Å².